The minimum absolute atomic E-state index is 0.0359. The second-order valence-corrected chi connectivity index (χ2v) is 9.15. The van der Waals surface area contributed by atoms with Crippen LogP contribution in [0.5, 0.6) is 0 Å². The van der Waals surface area contributed by atoms with E-state index in [1.807, 2.05) is 6.07 Å². The maximum absolute atomic E-state index is 12.9. The largest absolute Gasteiger partial charge is 0.478 e. The molecule has 3 N–H and O–H groups in total. The van der Waals surface area contributed by atoms with Gasteiger partial charge in [-0.15, -0.1) is 11.6 Å². The number of carbonyl (C=O) groups is 2. The highest BCUT2D eigenvalue weighted by Crippen LogP contribution is 2.28. The number of sulfonamides is 1. The Morgan fingerprint density at radius 1 is 1.19 bits per heavy atom. The van der Waals surface area contributed by atoms with Crippen molar-refractivity contribution < 1.29 is 23.1 Å². The number of carboxylic acids is 1. The Kier molecular flexibility index (Phi) is 6.72. The minimum Gasteiger partial charge on any atom is -0.478 e. The molecule has 166 valence electrons. The summed E-state index contributed by atoms with van der Waals surface area (Å²) in [4.78, 5) is 24.5. The van der Waals surface area contributed by atoms with Crippen LogP contribution in [-0.4, -0.2) is 41.6 Å². The van der Waals surface area contributed by atoms with E-state index < -0.39 is 21.9 Å². The first-order valence-corrected chi connectivity index (χ1v) is 11.6. The van der Waals surface area contributed by atoms with Gasteiger partial charge in [0.15, 0.2) is 0 Å². The van der Waals surface area contributed by atoms with Gasteiger partial charge < -0.3 is 15.0 Å². The van der Waals surface area contributed by atoms with Crippen LogP contribution in [0, 0.1) is 11.3 Å². The van der Waals surface area contributed by atoms with E-state index in [1.165, 1.54) is 22.8 Å². The van der Waals surface area contributed by atoms with Gasteiger partial charge >= 0.3 is 5.97 Å². The number of nitrogens with zero attached hydrogens (tertiary/aromatic N) is 2. The van der Waals surface area contributed by atoms with Gasteiger partial charge in [-0.3, -0.25) is 9.52 Å². The minimum atomic E-state index is -3.63. The normalized spacial score (nSPS) is 11.2. The van der Waals surface area contributed by atoms with Crippen LogP contribution >= 0.6 is 11.6 Å². The van der Waals surface area contributed by atoms with Gasteiger partial charge in [0.1, 0.15) is 5.69 Å². The number of alkyl halides is 1. The molecule has 0 saturated heterocycles. The Hall–Kier alpha value is -3.55. The molecule has 2 aromatic carbocycles. The number of halogens is 1. The number of aromatic carboxylic acids is 1. The number of carboxylic acid groups (broad SMARTS) is 1. The fourth-order valence-electron chi connectivity index (χ4n) is 3.27. The number of nitrogens with one attached hydrogen (secondary N) is 2. The molecule has 0 unspecified atom stereocenters. The highest BCUT2D eigenvalue weighted by Gasteiger charge is 2.20. The molecule has 1 aromatic heterocycles. The van der Waals surface area contributed by atoms with E-state index in [1.54, 1.807) is 31.3 Å². The summed E-state index contributed by atoms with van der Waals surface area (Å²) in [7, 11) is -2.02. The van der Waals surface area contributed by atoms with Crippen molar-refractivity contribution >= 4 is 55.8 Å². The summed E-state index contributed by atoms with van der Waals surface area (Å²) in [5, 5.41) is 21.6. The van der Waals surface area contributed by atoms with Crippen molar-refractivity contribution in [3.8, 4) is 6.07 Å². The second kappa shape index (κ2) is 9.30. The van der Waals surface area contributed by atoms with Gasteiger partial charge in [0, 0.05) is 18.3 Å². The monoisotopic (exact) mass is 474 g/mol. The molecule has 0 bridgehead atoms. The molecule has 0 radical (unpaired) electrons. The molecule has 0 fully saturated rings. The summed E-state index contributed by atoms with van der Waals surface area (Å²) in [5.74, 6) is -1.80. The average Bonchev–Trinajstić information content (AvgIpc) is 3.10. The van der Waals surface area contributed by atoms with Gasteiger partial charge in [0.05, 0.1) is 39.8 Å². The molecule has 32 heavy (non-hydrogen) atoms. The Morgan fingerprint density at radius 3 is 2.59 bits per heavy atom. The van der Waals surface area contributed by atoms with E-state index in [-0.39, 0.29) is 34.1 Å². The predicted octanol–water partition coefficient (Wildman–Crippen LogP) is 3.37. The molecule has 0 spiro atoms. The van der Waals surface area contributed by atoms with Gasteiger partial charge in [0.2, 0.25) is 10.0 Å². The third-order valence-corrected chi connectivity index (χ3v) is 6.35. The second-order valence-electron chi connectivity index (χ2n) is 6.93. The van der Waals surface area contributed by atoms with Gasteiger partial charge in [-0.05, 0) is 36.8 Å². The first kappa shape index (κ1) is 23.1. The van der Waals surface area contributed by atoms with E-state index >= 15 is 0 Å². The number of aromatic nitrogens is 1. The number of carbonyl (C=O) groups excluding carboxylic acids is 1. The molecule has 3 rings (SSSR count). The third kappa shape index (κ3) is 4.85. The van der Waals surface area contributed by atoms with E-state index in [2.05, 4.69) is 10.0 Å². The van der Waals surface area contributed by atoms with E-state index in [4.69, 9.17) is 16.9 Å². The van der Waals surface area contributed by atoms with Gasteiger partial charge in [-0.1, -0.05) is 12.1 Å². The van der Waals surface area contributed by atoms with Crippen molar-refractivity contribution in [3.05, 3.63) is 59.3 Å². The number of hydrogen-bond donors (Lipinski definition) is 3. The van der Waals surface area contributed by atoms with E-state index in [0.29, 0.717) is 23.0 Å². The van der Waals surface area contributed by atoms with Crippen molar-refractivity contribution in [3.63, 3.8) is 0 Å². The summed E-state index contributed by atoms with van der Waals surface area (Å²) < 4.78 is 28.7. The Bertz CT molecular complexity index is 1360. The van der Waals surface area contributed by atoms with Crippen LogP contribution in [-0.2, 0) is 17.1 Å². The van der Waals surface area contributed by atoms with Crippen molar-refractivity contribution in [2.45, 2.75) is 6.42 Å². The van der Waals surface area contributed by atoms with Gasteiger partial charge in [-0.25, -0.2) is 13.2 Å². The molecule has 11 heteroatoms. The summed E-state index contributed by atoms with van der Waals surface area (Å²) >= 11 is 5.59. The van der Waals surface area contributed by atoms with Crippen LogP contribution < -0.4 is 10.0 Å². The van der Waals surface area contributed by atoms with Crippen molar-refractivity contribution in [1.29, 1.82) is 5.26 Å². The highest BCUT2D eigenvalue weighted by molar-refractivity contribution is 7.92. The summed E-state index contributed by atoms with van der Waals surface area (Å²) in [6, 6.07) is 12.3. The number of anilines is 2. The third-order valence-electron chi connectivity index (χ3n) is 4.73. The summed E-state index contributed by atoms with van der Waals surface area (Å²) in [6.07, 6.45) is 0.296. The fourth-order valence-corrected chi connectivity index (χ4v) is 4.68. The zero-order valence-corrected chi connectivity index (χ0v) is 18.5. The summed E-state index contributed by atoms with van der Waals surface area (Å²) in [6.45, 7) is 0. The standard InChI is InChI=1S/C21H19ClN4O5S/c1-26-18(20(27)24-16-7-6-13(12-23)10-15(16)21(28)29)11-14-4-2-5-17(19(14)26)25-32(30,31)9-3-8-22/h2,4-7,10-11,25H,3,8-9H2,1H3,(H,24,27)(H,28,29). The number of amides is 1. The van der Waals surface area contributed by atoms with E-state index in [0.717, 1.165) is 0 Å². The molecule has 9 nitrogen and oxygen atoms in total. The lowest BCUT2D eigenvalue weighted by molar-refractivity contribution is 0.0698. The maximum atomic E-state index is 12.9. The predicted molar refractivity (Wildman–Crippen MR) is 122 cm³/mol. The Balaban J connectivity index is 1.97. The molecular weight excluding hydrogens is 456 g/mol. The molecule has 0 aliphatic rings. The molecule has 1 heterocycles. The highest BCUT2D eigenvalue weighted by atomic mass is 35.5. The average molecular weight is 475 g/mol. The topological polar surface area (TPSA) is 141 Å². The smallest absolute Gasteiger partial charge is 0.337 e. The molecule has 0 atom stereocenters. The lowest BCUT2D eigenvalue weighted by Gasteiger charge is -2.12. The first-order chi connectivity index (χ1) is 15.2. The van der Waals surface area contributed by atoms with Crippen molar-refractivity contribution in [2.75, 3.05) is 21.7 Å². The molecule has 0 aliphatic heterocycles. The van der Waals surface area contributed by atoms with Crippen LogP contribution in [0.25, 0.3) is 10.9 Å². The Labute approximate surface area is 189 Å². The molecular formula is C21H19ClN4O5S. The number of hydrogen-bond acceptors (Lipinski definition) is 5. The summed E-state index contributed by atoms with van der Waals surface area (Å²) in [5.41, 5.74) is 0.954. The van der Waals surface area contributed by atoms with Crippen LogP contribution in [0.4, 0.5) is 11.4 Å². The lowest BCUT2D eigenvalue weighted by atomic mass is 10.1. The quantitative estimate of drug-likeness (QED) is 0.427. The zero-order valence-electron chi connectivity index (χ0n) is 16.9. The maximum Gasteiger partial charge on any atom is 0.337 e. The van der Waals surface area contributed by atoms with Crippen LogP contribution in [0.15, 0.2) is 42.5 Å². The van der Waals surface area contributed by atoms with Crippen molar-refractivity contribution in [2.24, 2.45) is 7.05 Å². The zero-order chi connectivity index (χ0) is 23.5. The van der Waals surface area contributed by atoms with E-state index in [9.17, 15) is 23.1 Å². The fraction of sp³-hybridized carbons (Fsp3) is 0.190. The molecule has 3 aromatic rings. The van der Waals surface area contributed by atoms with Gasteiger partial charge in [0.25, 0.3) is 5.91 Å². The SMILES string of the molecule is Cn1c(C(=O)Nc2ccc(C#N)cc2C(=O)O)cc2cccc(NS(=O)(=O)CCCCl)c21. The number of nitriles is 1. The Morgan fingerprint density at radius 2 is 1.94 bits per heavy atom. The molecule has 1 amide bonds. The first-order valence-electron chi connectivity index (χ1n) is 9.40. The number of aryl methyl sites for hydroxylation is 1. The number of fused-ring (bicyclic) bond motifs is 1. The van der Waals surface area contributed by atoms with Crippen LogP contribution in [0.1, 0.15) is 32.8 Å². The number of para-hydroxylation sites is 1. The number of benzene rings is 2. The lowest BCUT2D eigenvalue weighted by Crippen LogP contribution is -2.19. The number of rotatable bonds is 8. The van der Waals surface area contributed by atoms with Gasteiger partial charge in [-0.2, -0.15) is 5.26 Å². The van der Waals surface area contributed by atoms with Crippen LogP contribution in [0.2, 0.25) is 0 Å². The molecule has 0 aliphatic carbocycles. The van der Waals surface area contributed by atoms with Crippen LogP contribution in [0.3, 0.4) is 0 Å². The van der Waals surface area contributed by atoms with Crippen molar-refractivity contribution in [1.82, 2.24) is 4.57 Å². The molecule has 0 saturated carbocycles.